The van der Waals surface area contributed by atoms with Crippen molar-refractivity contribution >= 4 is 41.5 Å². The van der Waals surface area contributed by atoms with Crippen molar-refractivity contribution in [3.63, 3.8) is 0 Å². The maximum Gasteiger partial charge on any atom is 0.416 e. The van der Waals surface area contributed by atoms with E-state index in [4.69, 9.17) is 5.73 Å². The number of nitrogens with zero attached hydrogens (tertiary/aromatic N) is 1. The van der Waals surface area contributed by atoms with Gasteiger partial charge in [-0.05, 0) is 48.4 Å². The summed E-state index contributed by atoms with van der Waals surface area (Å²) in [4.78, 5) is 16.0. The maximum atomic E-state index is 12.5. The highest BCUT2D eigenvalue weighted by Gasteiger charge is 2.30. The second kappa shape index (κ2) is 10.9. The van der Waals surface area contributed by atoms with Crippen molar-refractivity contribution in [3.05, 3.63) is 65.2 Å². The van der Waals surface area contributed by atoms with E-state index in [1.807, 2.05) is 24.3 Å². The number of alkyl halides is 3. The minimum Gasteiger partial charge on any atom is -0.370 e. The van der Waals surface area contributed by atoms with Crippen LogP contribution in [0.3, 0.4) is 0 Å². The van der Waals surface area contributed by atoms with Crippen LogP contribution in [0.2, 0.25) is 0 Å². The van der Waals surface area contributed by atoms with Gasteiger partial charge in [-0.2, -0.15) is 13.2 Å². The molecule has 0 aliphatic carbocycles. The quantitative estimate of drug-likeness (QED) is 0.240. The van der Waals surface area contributed by atoms with Crippen molar-refractivity contribution < 1.29 is 18.0 Å². The molecule has 0 fully saturated rings. The molecule has 2 aromatic carbocycles. The summed E-state index contributed by atoms with van der Waals surface area (Å²) < 4.78 is 37.5. The summed E-state index contributed by atoms with van der Waals surface area (Å²) in [5.74, 6) is -0.256. The topological polar surface area (TPSA) is 79.5 Å². The number of nitrogens with one attached hydrogen (secondary N) is 2. The molecule has 9 heteroatoms. The van der Waals surface area contributed by atoms with Crippen molar-refractivity contribution in [2.45, 2.75) is 19.5 Å². The first-order valence-electron chi connectivity index (χ1n) is 8.41. The van der Waals surface area contributed by atoms with Crippen molar-refractivity contribution in [1.82, 2.24) is 5.32 Å². The minimum absolute atomic E-state index is 0. The van der Waals surface area contributed by atoms with Crippen LogP contribution in [0.5, 0.6) is 0 Å². The molecule has 0 aliphatic rings. The number of anilines is 1. The third kappa shape index (κ3) is 7.37. The van der Waals surface area contributed by atoms with Crippen LogP contribution in [-0.2, 0) is 12.6 Å². The van der Waals surface area contributed by atoms with Crippen molar-refractivity contribution in [1.29, 1.82) is 0 Å². The normalized spacial score (nSPS) is 11.5. The molecule has 2 aromatic rings. The highest BCUT2D eigenvalue weighted by atomic mass is 127. The summed E-state index contributed by atoms with van der Waals surface area (Å²) in [6, 6.07) is 11.8. The summed E-state index contributed by atoms with van der Waals surface area (Å²) in [5.41, 5.74) is 7.14. The molecule has 2 rings (SSSR count). The molecule has 152 valence electrons. The summed E-state index contributed by atoms with van der Waals surface area (Å²) in [7, 11) is 0. The zero-order valence-corrected chi connectivity index (χ0v) is 17.5. The van der Waals surface area contributed by atoms with E-state index in [1.54, 1.807) is 0 Å². The van der Waals surface area contributed by atoms with Crippen LogP contribution in [0.15, 0.2) is 53.5 Å². The molecular weight excluding hydrogens is 484 g/mol. The Balaban J connectivity index is 0.00000392. The fourth-order valence-electron chi connectivity index (χ4n) is 2.31. The van der Waals surface area contributed by atoms with Gasteiger partial charge in [-0.1, -0.05) is 19.1 Å². The van der Waals surface area contributed by atoms with Crippen LogP contribution in [-0.4, -0.2) is 25.0 Å². The number of carbonyl (C=O) groups excluding carboxylic acids is 1. The lowest BCUT2D eigenvalue weighted by molar-refractivity contribution is -0.137. The van der Waals surface area contributed by atoms with Gasteiger partial charge < -0.3 is 16.4 Å². The Labute approximate surface area is 178 Å². The number of nitrogens with two attached hydrogens (primary N) is 1. The Bertz CT molecular complexity index is 808. The molecule has 5 nitrogen and oxygen atoms in total. The van der Waals surface area contributed by atoms with E-state index in [1.165, 1.54) is 0 Å². The lowest BCUT2D eigenvalue weighted by Gasteiger charge is -2.09. The van der Waals surface area contributed by atoms with Crippen LogP contribution in [0, 0.1) is 0 Å². The number of aliphatic imine (C=N–C) groups is 1. The second-order valence-corrected chi connectivity index (χ2v) is 5.78. The SMILES string of the molecule is CCc1cccc(NC(N)=NCCNC(=O)c2ccc(C(F)(F)F)cc2)c1.I. The van der Waals surface area contributed by atoms with Crippen LogP contribution >= 0.6 is 24.0 Å². The van der Waals surface area contributed by atoms with Gasteiger partial charge in [-0.25, -0.2) is 0 Å². The lowest BCUT2D eigenvalue weighted by Crippen LogP contribution is -2.28. The third-order valence-electron chi connectivity index (χ3n) is 3.76. The van der Waals surface area contributed by atoms with Gasteiger partial charge in [0.2, 0.25) is 0 Å². The van der Waals surface area contributed by atoms with Gasteiger partial charge in [0.15, 0.2) is 5.96 Å². The average Bonchev–Trinajstić information content (AvgIpc) is 2.64. The molecule has 0 bridgehead atoms. The fourth-order valence-corrected chi connectivity index (χ4v) is 2.31. The highest BCUT2D eigenvalue weighted by Crippen LogP contribution is 2.29. The average molecular weight is 506 g/mol. The number of aryl methyl sites for hydroxylation is 1. The molecule has 0 aromatic heterocycles. The van der Waals surface area contributed by atoms with Crippen LogP contribution in [0.4, 0.5) is 18.9 Å². The number of guanidine groups is 1. The van der Waals surface area contributed by atoms with Gasteiger partial charge in [0.05, 0.1) is 12.1 Å². The van der Waals surface area contributed by atoms with Gasteiger partial charge in [0.1, 0.15) is 0 Å². The fraction of sp³-hybridized carbons (Fsp3) is 0.263. The molecule has 28 heavy (non-hydrogen) atoms. The van der Waals surface area contributed by atoms with E-state index in [-0.39, 0.29) is 48.6 Å². The standard InChI is InChI=1S/C19H21F3N4O.HI/c1-2-13-4-3-5-16(12-13)26-18(23)25-11-10-24-17(27)14-6-8-15(9-7-14)19(20,21)22;/h3-9,12H,2,10-11H2,1H3,(H,24,27)(H3,23,25,26);1H. The Hall–Kier alpha value is -2.30. The van der Waals surface area contributed by atoms with Crippen LogP contribution in [0.25, 0.3) is 0 Å². The monoisotopic (exact) mass is 506 g/mol. The Morgan fingerprint density at radius 1 is 1.14 bits per heavy atom. The smallest absolute Gasteiger partial charge is 0.370 e. The van der Waals surface area contributed by atoms with Gasteiger partial charge in [-0.15, -0.1) is 24.0 Å². The molecule has 0 unspecified atom stereocenters. The molecule has 0 saturated carbocycles. The van der Waals surface area contributed by atoms with Gasteiger partial charge >= 0.3 is 6.18 Å². The number of hydrogen-bond acceptors (Lipinski definition) is 2. The van der Waals surface area contributed by atoms with Crippen molar-refractivity contribution in [2.24, 2.45) is 10.7 Å². The first-order valence-corrected chi connectivity index (χ1v) is 8.41. The summed E-state index contributed by atoms with van der Waals surface area (Å²) in [6.45, 7) is 2.49. The number of amides is 1. The lowest BCUT2D eigenvalue weighted by atomic mass is 10.1. The molecule has 0 aliphatic heterocycles. The Morgan fingerprint density at radius 2 is 1.82 bits per heavy atom. The first kappa shape index (κ1) is 23.7. The van der Waals surface area contributed by atoms with Gasteiger partial charge in [0, 0.05) is 17.8 Å². The number of hydrogen-bond donors (Lipinski definition) is 3. The zero-order valence-electron chi connectivity index (χ0n) is 15.2. The molecular formula is C19H22F3IN4O. The van der Waals surface area contributed by atoms with E-state index in [0.717, 1.165) is 41.9 Å². The predicted molar refractivity (Wildman–Crippen MR) is 115 cm³/mol. The summed E-state index contributed by atoms with van der Waals surface area (Å²) in [6.07, 6.45) is -3.52. The van der Waals surface area contributed by atoms with Gasteiger partial charge in [0.25, 0.3) is 5.91 Å². The van der Waals surface area contributed by atoms with E-state index in [2.05, 4.69) is 22.5 Å². The largest absolute Gasteiger partial charge is 0.416 e. The number of rotatable bonds is 6. The van der Waals surface area contributed by atoms with E-state index >= 15 is 0 Å². The number of halogens is 4. The van der Waals surface area contributed by atoms with Crippen LogP contribution < -0.4 is 16.4 Å². The Morgan fingerprint density at radius 3 is 2.43 bits per heavy atom. The van der Waals surface area contributed by atoms with Crippen molar-refractivity contribution in [2.75, 3.05) is 18.4 Å². The van der Waals surface area contributed by atoms with E-state index in [9.17, 15) is 18.0 Å². The van der Waals surface area contributed by atoms with Crippen molar-refractivity contribution in [3.8, 4) is 0 Å². The molecule has 0 radical (unpaired) electrons. The van der Waals surface area contributed by atoms with E-state index in [0.29, 0.717) is 0 Å². The van der Waals surface area contributed by atoms with Crippen LogP contribution in [0.1, 0.15) is 28.4 Å². The molecule has 0 saturated heterocycles. The Kier molecular flexibility index (Phi) is 9.23. The molecule has 0 spiro atoms. The third-order valence-corrected chi connectivity index (χ3v) is 3.76. The summed E-state index contributed by atoms with van der Waals surface area (Å²) >= 11 is 0. The number of benzene rings is 2. The predicted octanol–water partition coefficient (Wildman–Crippen LogP) is 4.04. The minimum atomic E-state index is -4.43. The molecule has 0 heterocycles. The number of carbonyl (C=O) groups is 1. The zero-order chi connectivity index (χ0) is 19.9. The summed E-state index contributed by atoms with van der Waals surface area (Å²) in [5, 5.41) is 5.55. The molecule has 4 N–H and O–H groups in total. The molecule has 0 atom stereocenters. The maximum absolute atomic E-state index is 12.5. The second-order valence-electron chi connectivity index (χ2n) is 5.78. The van der Waals surface area contributed by atoms with E-state index < -0.39 is 17.6 Å². The highest BCUT2D eigenvalue weighted by molar-refractivity contribution is 14.0. The molecule has 1 amide bonds. The first-order chi connectivity index (χ1) is 12.8. The van der Waals surface area contributed by atoms with Gasteiger partial charge in [-0.3, -0.25) is 9.79 Å².